The minimum Gasteiger partial charge on any atom is -0.466 e. The number of hydrogen-bond acceptors (Lipinski definition) is 5. The van der Waals surface area contributed by atoms with Crippen molar-refractivity contribution in [2.75, 3.05) is 20.2 Å². The predicted octanol–water partition coefficient (Wildman–Crippen LogP) is 5.03. The third kappa shape index (κ3) is 4.16. The standard InChI is InChI=1S/C27H28FN5O2/c1-17-14-21(18-7-5-8-18)22(24-30-26(35-2)32-31-24)15-20(17)25(34)33-12-10-27(28,11-13-33)23-9-4-3-6-19(23)16-29/h3-4,6,9,14-15,18H,5,7-8,10-13H2,1-2H3,(H,30,31,32). The van der Waals surface area contributed by atoms with Crippen LogP contribution in [0.15, 0.2) is 36.4 Å². The second-order valence-corrected chi connectivity index (χ2v) is 9.47. The zero-order valence-electron chi connectivity index (χ0n) is 20.0. The van der Waals surface area contributed by atoms with Crippen molar-refractivity contribution >= 4 is 5.91 Å². The molecule has 0 radical (unpaired) electrons. The predicted molar refractivity (Wildman–Crippen MR) is 129 cm³/mol. The van der Waals surface area contributed by atoms with Crippen molar-refractivity contribution in [1.29, 1.82) is 5.26 Å². The molecule has 35 heavy (non-hydrogen) atoms. The number of alkyl halides is 1. The van der Waals surface area contributed by atoms with E-state index in [-0.39, 0.29) is 37.8 Å². The van der Waals surface area contributed by atoms with E-state index in [1.807, 2.05) is 13.0 Å². The fourth-order valence-corrected chi connectivity index (χ4v) is 5.16. The van der Waals surface area contributed by atoms with E-state index >= 15 is 4.39 Å². The number of nitrogens with zero attached hydrogens (tertiary/aromatic N) is 4. The topological polar surface area (TPSA) is 94.9 Å². The third-order valence-electron chi connectivity index (χ3n) is 7.45. The van der Waals surface area contributed by atoms with Crippen LogP contribution in [-0.2, 0) is 5.67 Å². The Hall–Kier alpha value is -3.73. The Morgan fingerprint density at radius 2 is 2.00 bits per heavy atom. The highest BCUT2D eigenvalue weighted by Gasteiger charge is 2.39. The molecule has 1 aliphatic heterocycles. The normalized spacial score (nSPS) is 17.5. The number of H-pyrrole nitrogens is 1. The minimum atomic E-state index is -1.62. The number of nitriles is 1. The van der Waals surface area contributed by atoms with E-state index in [1.165, 1.54) is 19.1 Å². The zero-order chi connectivity index (χ0) is 24.6. The molecule has 0 unspecified atom stereocenters. The first-order chi connectivity index (χ1) is 16.9. The van der Waals surface area contributed by atoms with Crippen molar-refractivity contribution in [2.24, 2.45) is 0 Å². The van der Waals surface area contributed by atoms with Crippen molar-refractivity contribution < 1.29 is 13.9 Å². The summed E-state index contributed by atoms with van der Waals surface area (Å²) in [4.78, 5) is 19.7. The van der Waals surface area contributed by atoms with Gasteiger partial charge in [-0.25, -0.2) is 4.39 Å². The van der Waals surface area contributed by atoms with E-state index in [1.54, 1.807) is 29.2 Å². The Bertz CT molecular complexity index is 1300. The number of rotatable bonds is 5. The molecule has 5 rings (SSSR count). The molecule has 1 aliphatic carbocycles. The maximum absolute atomic E-state index is 15.9. The molecule has 2 fully saturated rings. The average molecular weight is 474 g/mol. The molecule has 1 amide bonds. The van der Waals surface area contributed by atoms with Crippen LogP contribution in [0.4, 0.5) is 4.39 Å². The Morgan fingerprint density at radius 3 is 2.63 bits per heavy atom. The van der Waals surface area contributed by atoms with E-state index in [9.17, 15) is 10.1 Å². The number of methoxy groups -OCH3 is 1. The Morgan fingerprint density at radius 1 is 1.26 bits per heavy atom. The molecule has 2 aromatic carbocycles. The van der Waals surface area contributed by atoms with Gasteiger partial charge in [0, 0.05) is 42.6 Å². The van der Waals surface area contributed by atoms with Crippen LogP contribution in [0.2, 0.25) is 0 Å². The number of nitrogens with one attached hydrogen (secondary N) is 1. The maximum Gasteiger partial charge on any atom is 0.335 e. The van der Waals surface area contributed by atoms with Gasteiger partial charge in [-0.15, -0.1) is 5.10 Å². The van der Waals surface area contributed by atoms with E-state index in [0.717, 1.165) is 24.0 Å². The lowest BCUT2D eigenvalue weighted by Gasteiger charge is -2.37. The molecule has 2 heterocycles. The number of aromatic nitrogens is 3. The number of hydrogen-bond donors (Lipinski definition) is 1. The summed E-state index contributed by atoms with van der Waals surface area (Å²) in [6.07, 6.45) is 3.72. The fraction of sp³-hybridized carbons (Fsp3) is 0.407. The van der Waals surface area contributed by atoms with Gasteiger partial charge in [0.1, 0.15) is 5.67 Å². The third-order valence-corrected chi connectivity index (χ3v) is 7.45. The van der Waals surface area contributed by atoms with Crippen LogP contribution >= 0.6 is 0 Å². The smallest absolute Gasteiger partial charge is 0.335 e. The molecule has 0 atom stereocenters. The minimum absolute atomic E-state index is 0.119. The molecule has 0 spiro atoms. The van der Waals surface area contributed by atoms with E-state index < -0.39 is 5.67 Å². The number of amides is 1. The number of carbonyl (C=O) groups excluding carboxylic acids is 1. The lowest BCUT2D eigenvalue weighted by atomic mass is 9.77. The summed E-state index contributed by atoms with van der Waals surface area (Å²) >= 11 is 0. The van der Waals surface area contributed by atoms with Gasteiger partial charge >= 0.3 is 6.01 Å². The first kappa shape index (κ1) is 23.0. The van der Waals surface area contributed by atoms with Crippen LogP contribution in [0, 0.1) is 18.3 Å². The number of aromatic amines is 1. The lowest BCUT2D eigenvalue weighted by Crippen LogP contribution is -2.43. The second kappa shape index (κ2) is 9.14. The monoisotopic (exact) mass is 473 g/mol. The second-order valence-electron chi connectivity index (χ2n) is 9.47. The maximum atomic E-state index is 15.9. The van der Waals surface area contributed by atoms with Crippen molar-refractivity contribution in [3.05, 3.63) is 64.2 Å². The average Bonchev–Trinajstić information content (AvgIpc) is 3.32. The Balaban J connectivity index is 1.42. The number of ether oxygens (including phenoxy) is 1. The van der Waals surface area contributed by atoms with Crippen LogP contribution in [0.1, 0.15) is 70.6 Å². The number of halogens is 1. The van der Waals surface area contributed by atoms with Crippen molar-refractivity contribution in [3.63, 3.8) is 0 Å². The van der Waals surface area contributed by atoms with Crippen molar-refractivity contribution in [1.82, 2.24) is 20.1 Å². The van der Waals surface area contributed by atoms with Gasteiger partial charge in [0.25, 0.3) is 5.91 Å². The van der Waals surface area contributed by atoms with Crippen molar-refractivity contribution in [2.45, 2.75) is 50.6 Å². The van der Waals surface area contributed by atoms with E-state index in [2.05, 4.69) is 27.3 Å². The van der Waals surface area contributed by atoms with Gasteiger partial charge < -0.3 is 9.64 Å². The van der Waals surface area contributed by atoms with Crippen LogP contribution in [-0.4, -0.2) is 46.2 Å². The molecule has 180 valence electrons. The molecule has 0 bridgehead atoms. The number of piperidine rings is 1. The molecular weight excluding hydrogens is 445 g/mol. The highest BCUT2D eigenvalue weighted by atomic mass is 19.1. The van der Waals surface area contributed by atoms with Gasteiger partial charge in [-0.3, -0.25) is 9.89 Å². The molecule has 8 heteroatoms. The molecule has 1 aromatic heterocycles. The van der Waals surface area contributed by atoms with Crippen LogP contribution in [0.25, 0.3) is 11.4 Å². The highest BCUT2D eigenvalue weighted by molar-refractivity contribution is 5.97. The molecule has 1 saturated heterocycles. The largest absolute Gasteiger partial charge is 0.466 e. The molecule has 3 aromatic rings. The lowest BCUT2D eigenvalue weighted by molar-refractivity contribution is 0.0420. The van der Waals surface area contributed by atoms with Gasteiger partial charge in [0.15, 0.2) is 5.82 Å². The van der Waals surface area contributed by atoms with Gasteiger partial charge in [0.2, 0.25) is 0 Å². The summed E-state index contributed by atoms with van der Waals surface area (Å²) in [6, 6.07) is 13.1. The molecule has 1 saturated carbocycles. The summed E-state index contributed by atoms with van der Waals surface area (Å²) in [6.45, 7) is 2.52. The Labute approximate surface area is 203 Å². The summed E-state index contributed by atoms with van der Waals surface area (Å²) < 4.78 is 21.0. The molecule has 7 nitrogen and oxygen atoms in total. The van der Waals surface area contributed by atoms with Crippen LogP contribution < -0.4 is 4.74 Å². The number of carbonyl (C=O) groups is 1. The van der Waals surface area contributed by atoms with Gasteiger partial charge in [-0.05, 0) is 48.9 Å². The molecule has 2 aliphatic rings. The number of aryl methyl sites for hydroxylation is 1. The first-order valence-electron chi connectivity index (χ1n) is 12.0. The quantitative estimate of drug-likeness (QED) is 0.561. The van der Waals surface area contributed by atoms with Crippen molar-refractivity contribution in [3.8, 4) is 23.5 Å². The van der Waals surface area contributed by atoms with Gasteiger partial charge in [-0.1, -0.05) is 30.7 Å². The van der Waals surface area contributed by atoms with E-state index in [0.29, 0.717) is 28.4 Å². The highest BCUT2D eigenvalue weighted by Crippen LogP contribution is 2.43. The number of likely N-dealkylation sites (tertiary alicyclic amines) is 1. The van der Waals surface area contributed by atoms with E-state index in [4.69, 9.17) is 4.74 Å². The Kier molecular flexibility index (Phi) is 6.01. The van der Waals surface area contributed by atoms with Gasteiger partial charge in [0.05, 0.1) is 18.7 Å². The fourth-order valence-electron chi connectivity index (χ4n) is 5.16. The summed E-state index contributed by atoms with van der Waals surface area (Å²) in [5, 5.41) is 16.4. The zero-order valence-corrected chi connectivity index (χ0v) is 20.0. The molecular formula is C27H28FN5O2. The van der Waals surface area contributed by atoms with Gasteiger partial charge in [-0.2, -0.15) is 10.2 Å². The molecule has 1 N–H and O–H groups in total. The first-order valence-corrected chi connectivity index (χ1v) is 12.0. The summed E-state index contributed by atoms with van der Waals surface area (Å²) in [7, 11) is 1.51. The number of benzene rings is 2. The SMILES string of the molecule is COc1n[nH]c(-c2cc(C(=O)N3CCC(F)(c4ccccc4C#N)CC3)c(C)cc2C2CCC2)n1. The van der Waals surface area contributed by atoms with Crippen LogP contribution in [0.5, 0.6) is 6.01 Å². The van der Waals surface area contributed by atoms with Crippen LogP contribution in [0.3, 0.4) is 0 Å². The summed E-state index contributed by atoms with van der Waals surface area (Å²) in [5.74, 6) is 0.893. The summed E-state index contributed by atoms with van der Waals surface area (Å²) in [5.41, 5.74) is 2.66.